The number of aromatic nitrogens is 2. The summed E-state index contributed by atoms with van der Waals surface area (Å²) >= 11 is 1.67. The van der Waals surface area contributed by atoms with Crippen LogP contribution in [0.5, 0.6) is 0 Å². The highest BCUT2D eigenvalue weighted by atomic mass is 32.2. The molecule has 0 spiro atoms. The van der Waals surface area contributed by atoms with Crippen molar-refractivity contribution in [3.63, 3.8) is 0 Å². The zero-order valence-corrected chi connectivity index (χ0v) is 11.5. The van der Waals surface area contributed by atoms with Crippen LogP contribution in [0.2, 0.25) is 0 Å². The van der Waals surface area contributed by atoms with E-state index in [1.807, 2.05) is 0 Å². The van der Waals surface area contributed by atoms with Gasteiger partial charge in [0.25, 0.3) is 0 Å². The lowest BCUT2D eigenvalue weighted by Gasteiger charge is -2.20. The summed E-state index contributed by atoms with van der Waals surface area (Å²) in [6.07, 6.45) is 4.57. The zero-order chi connectivity index (χ0) is 13.8. The van der Waals surface area contributed by atoms with Crippen molar-refractivity contribution in [2.45, 2.75) is 24.5 Å². The highest BCUT2D eigenvalue weighted by Crippen LogP contribution is 2.26. The molecule has 1 fully saturated rings. The summed E-state index contributed by atoms with van der Waals surface area (Å²) in [5.41, 5.74) is 5.97. The maximum Gasteiger partial charge on any atom is 0.238 e. The average Bonchev–Trinajstić information content (AvgIpc) is 2.80. The van der Waals surface area contributed by atoms with Crippen molar-refractivity contribution >= 4 is 29.3 Å². The predicted octanol–water partition coefficient (Wildman–Crippen LogP) is 0.739. The number of nitrogens with one attached hydrogen (secondary N) is 1. The number of oxime groups is 1. The summed E-state index contributed by atoms with van der Waals surface area (Å²) in [5.74, 6) is 1.34. The smallest absolute Gasteiger partial charge is 0.238 e. The molecule has 0 aliphatic carbocycles. The van der Waals surface area contributed by atoms with Crippen LogP contribution >= 0.6 is 11.8 Å². The topological polar surface area (TPSA) is 106 Å². The molecule has 7 nitrogen and oxygen atoms in total. The van der Waals surface area contributed by atoms with E-state index in [1.165, 1.54) is 10.9 Å². The van der Waals surface area contributed by atoms with E-state index in [-0.39, 0.29) is 17.0 Å². The summed E-state index contributed by atoms with van der Waals surface area (Å²) in [6.45, 7) is 0. The Morgan fingerprint density at radius 1 is 1.68 bits per heavy atom. The number of amides is 1. The van der Waals surface area contributed by atoms with Crippen LogP contribution in [-0.2, 0) is 11.8 Å². The molecule has 1 aliphatic rings. The first-order valence-corrected chi connectivity index (χ1v) is 7.10. The SMILES string of the molecule is Cn1ncc(C(N)=NO)c1NC(=O)C1CCCCS1. The molecular formula is C11H17N5O2S. The van der Waals surface area contributed by atoms with Gasteiger partial charge in [-0.15, -0.1) is 11.8 Å². The number of thioether (sulfide) groups is 1. The summed E-state index contributed by atoms with van der Waals surface area (Å²) in [5, 5.41) is 18.4. The summed E-state index contributed by atoms with van der Waals surface area (Å²) in [6, 6.07) is 0. The predicted molar refractivity (Wildman–Crippen MR) is 74.4 cm³/mol. The number of aryl methyl sites for hydroxylation is 1. The van der Waals surface area contributed by atoms with Crippen molar-refractivity contribution in [2.75, 3.05) is 11.1 Å². The first kappa shape index (κ1) is 13.7. The van der Waals surface area contributed by atoms with Gasteiger partial charge in [-0.2, -0.15) is 5.10 Å². The molecular weight excluding hydrogens is 266 g/mol. The minimum Gasteiger partial charge on any atom is -0.409 e. The fourth-order valence-electron chi connectivity index (χ4n) is 1.97. The fourth-order valence-corrected chi connectivity index (χ4v) is 3.17. The van der Waals surface area contributed by atoms with Crippen LogP contribution in [-0.4, -0.2) is 37.7 Å². The van der Waals surface area contributed by atoms with Gasteiger partial charge in [-0.05, 0) is 18.6 Å². The molecule has 0 aromatic carbocycles. The van der Waals surface area contributed by atoms with Gasteiger partial charge >= 0.3 is 0 Å². The van der Waals surface area contributed by atoms with E-state index in [0.29, 0.717) is 11.4 Å². The Morgan fingerprint density at radius 2 is 2.47 bits per heavy atom. The quantitative estimate of drug-likeness (QED) is 0.328. The minimum absolute atomic E-state index is 0.0382. The van der Waals surface area contributed by atoms with Crippen LogP contribution in [0.3, 0.4) is 0 Å². The number of amidine groups is 1. The van der Waals surface area contributed by atoms with Crippen LogP contribution in [0, 0.1) is 0 Å². The maximum absolute atomic E-state index is 12.2. The van der Waals surface area contributed by atoms with Crippen molar-refractivity contribution in [3.05, 3.63) is 11.8 Å². The summed E-state index contributed by atoms with van der Waals surface area (Å²) in [7, 11) is 1.69. The van der Waals surface area contributed by atoms with Crippen LogP contribution in [0.15, 0.2) is 11.4 Å². The Labute approximate surface area is 115 Å². The Morgan fingerprint density at radius 3 is 3.11 bits per heavy atom. The number of hydrogen-bond donors (Lipinski definition) is 3. The van der Waals surface area contributed by atoms with Gasteiger partial charge in [0.05, 0.1) is 17.0 Å². The van der Waals surface area contributed by atoms with E-state index in [9.17, 15) is 4.79 Å². The minimum atomic E-state index is -0.0697. The van der Waals surface area contributed by atoms with Crippen molar-refractivity contribution in [3.8, 4) is 0 Å². The molecule has 19 heavy (non-hydrogen) atoms. The van der Waals surface area contributed by atoms with Gasteiger partial charge in [0.2, 0.25) is 5.91 Å². The fraction of sp³-hybridized carbons (Fsp3) is 0.545. The second-order valence-corrected chi connectivity index (χ2v) is 5.67. The Kier molecular flexibility index (Phi) is 4.31. The highest BCUT2D eigenvalue weighted by molar-refractivity contribution is 8.00. The van der Waals surface area contributed by atoms with Gasteiger partial charge in [0.15, 0.2) is 5.84 Å². The molecule has 0 bridgehead atoms. The average molecular weight is 283 g/mol. The first-order chi connectivity index (χ1) is 9.13. The molecule has 2 heterocycles. The zero-order valence-electron chi connectivity index (χ0n) is 10.7. The van der Waals surface area contributed by atoms with E-state index in [2.05, 4.69) is 15.6 Å². The van der Waals surface area contributed by atoms with Gasteiger partial charge in [-0.25, -0.2) is 0 Å². The molecule has 2 rings (SSSR count). The third-order valence-corrected chi connectivity index (χ3v) is 4.41. The molecule has 1 saturated heterocycles. The second kappa shape index (κ2) is 5.96. The molecule has 104 valence electrons. The van der Waals surface area contributed by atoms with Crippen LogP contribution < -0.4 is 11.1 Å². The molecule has 1 atom stereocenters. The third kappa shape index (κ3) is 3.01. The standard InChI is InChI=1S/C11H17N5O2S/c1-16-10(7(6-13-16)9(12)15-18)14-11(17)8-4-2-3-5-19-8/h6,8,18H,2-5H2,1H3,(H2,12,15)(H,14,17). The van der Waals surface area contributed by atoms with Gasteiger partial charge in [-0.1, -0.05) is 11.6 Å². The van der Waals surface area contributed by atoms with Crippen LogP contribution in [0.25, 0.3) is 0 Å². The lowest BCUT2D eigenvalue weighted by Crippen LogP contribution is -2.29. The van der Waals surface area contributed by atoms with E-state index < -0.39 is 0 Å². The summed E-state index contributed by atoms with van der Waals surface area (Å²) < 4.78 is 1.50. The third-order valence-electron chi connectivity index (χ3n) is 3.04. The van der Waals surface area contributed by atoms with Crippen LogP contribution in [0.4, 0.5) is 5.82 Å². The van der Waals surface area contributed by atoms with E-state index in [4.69, 9.17) is 10.9 Å². The second-order valence-electron chi connectivity index (χ2n) is 4.36. The van der Waals surface area contributed by atoms with Gasteiger partial charge in [0.1, 0.15) is 5.82 Å². The molecule has 0 radical (unpaired) electrons. The van der Waals surface area contributed by atoms with Crippen LogP contribution in [0.1, 0.15) is 24.8 Å². The number of nitrogens with zero attached hydrogens (tertiary/aromatic N) is 3. The number of nitrogens with two attached hydrogens (primary N) is 1. The maximum atomic E-state index is 12.2. The molecule has 1 aromatic rings. The first-order valence-electron chi connectivity index (χ1n) is 6.06. The number of rotatable bonds is 3. The monoisotopic (exact) mass is 283 g/mol. The molecule has 1 aromatic heterocycles. The molecule has 1 amide bonds. The largest absolute Gasteiger partial charge is 0.409 e. The van der Waals surface area contributed by atoms with Crippen molar-refractivity contribution in [2.24, 2.45) is 17.9 Å². The molecule has 8 heteroatoms. The van der Waals surface area contributed by atoms with E-state index in [0.717, 1.165) is 25.0 Å². The Bertz CT molecular complexity index is 493. The normalized spacial score (nSPS) is 20.3. The molecule has 0 saturated carbocycles. The Balaban J connectivity index is 2.14. The molecule has 4 N–H and O–H groups in total. The van der Waals surface area contributed by atoms with E-state index >= 15 is 0 Å². The van der Waals surface area contributed by atoms with Gasteiger partial charge in [0, 0.05) is 7.05 Å². The summed E-state index contributed by atoms with van der Waals surface area (Å²) in [4.78, 5) is 12.2. The van der Waals surface area contributed by atoms with E-state index in [1.54, 1.807) is 18.8 Å². The highest BCUT2D eigenvalue weighted by Gasteiger charge is 2.24. The molecule has 1 aliphatic heterocycles. The van der Waals surface area contributed by atoms with Crippen molar-refractivity contribution < 1.29 is 10.0 Å². The Hall–Kier alpha value is -1.70. The number of hydrogen-bond acceptors (Lipinski definition) is 5. The lowest BCUT2D eigenvalue weighted by atomic mass is 10.2. The number of anilines is 1. The molecule has 1 unspecified atom stereocenters. The number of carbonyl (C=O) groups is 1. The number of carbonyl (C=O) groups excluding carboxylic acids is 1. The van der Waals surface area contributed by atoms with Crippen molar-refractivity contribution in [1.82, 2.24) is 9.78 Å². The lowest BCUT2D eigenvalue weighted by molar-refractivity contribution is -0.115. The van der Waals surface area contributed by atoms with Gasteiger partial charge < -0.3 is 16.3 Å². The van der Waals surface area contributed by atoms with Gasteiger partial charge in [-0.3, -0.25) is 9.48 Å². The van der Waals surface area contributed by atoms with Crippen molar-refractivity contribution in [1.29, 1.82) is 0 Å².